The van der Waals surface area contributed by atoms with Crippen molar-refractivity contribution in [2.24, 2.45) is 0 Å². The van der Waals surface area contributed by atoms with Gasteiger partial charge in [0, 0.05) is 12.2 Å². The second-order valence-electron chi connectivity index (χ2n) is 5.62. The first-order chi connectivity index (χ1) is 11.8. The van der Waals surface area contributed by atoms with Crippen molar-refractivity contribution in [3.8, 4) is 0 Å². The summed E-state index contributed by atoms with van der Waals surface area (Å²) in [5, 5.41) is 38.1. The molecule has 2 rings (SSSR count). The fourth-order valence-electron chi connectivity index (χ4n) is 2.63. The average Bonchev–Trinajstić information content (AvgIpc) is 2.57. The lowest BCUT2D eigenvalue weighted by Crippen LogP contribution is -2.70. The topological polar surface area (TPSA) is 164 Å². The van der Waals surface area contributed by atoms with Crippen molar-refractivity contribution in [2.45, 2.75) is 36.8 Å². The zero-order valence-corrected chi connectivity index (χ0v) is 13.9. The van der Waals surface area contributed by atoms with E-state index in [0.717, 1.165) is 4.90 Å². The fourth-order valence-corrected chi connectivity index (χ4v) is 3.97. The van der Waals surface area contributed by atoms with Crippen LogP contribution >= 0.6 is 11.8 Å². The molecule has 0 spiro atoms. The molecule has 0 aliphatic carbocycles. The molecule has 25 heavy (non-hydrogen) atoms. The largest absolute Gasteiger partial charge is 0.479 e. The van der Waals surface area contributed by atoms with Crippen LogP contribution in [0.4, 0.5) is 0 Å². The number of nitrogens with zero attached hydrogens (tertiary/aromatic N) is 1. The summed E-state index contributed by atoms with van der Waals surface area (Å²) in [7, 11) is 0. The van der Waals surface area contributed by atoms with Gasteiger partial charge in [-0.05, 0) is 18.4 Å². The Balaban J connectivity index is 1.91. The number of aliphatic hydroxyl groups is 2. The minimum absolute atomic E-state index is 0.0605. The molecule has 10 nitrogen and oxygen atoms in total. The van der Waals surface area contributed by atoms with Crippen LogP contribution in [-0.2, 0) is 19.2 Å². The quantitative estimate of drug-likeness (QED) is 0.312. The molecular weight excluding hydrogens is 356 g/mol. The summed E-state index contributed by atoms with van der Waals surface area (Å²) in [5.74, 6) is -3.49. The van der Waals surface area contributed by atoms with Gasteiger partial charge in [-0.25, -0.2) is 9.59 Å². The Labute approximate surface area is 146 Å². The zero-order valence-electron chi connectivity index (χ0n) is 13.0. The first-order valence-electron chi connectivity index (χ1n) is 7.49. The van der Waals surface area contributed by atoms with E-state index in [1.54, 1.807) is 0 Å². The molecule has 2 amide bonds. The summed E-state index contributed by atoms with van der Waals surface area (Å²) in [6.07, 6.45) is -1.55. The molecule has 0 bridgehead atoms. The van der Waals surface area contributed by atoms with Crippen molar-refractivity contribution in [3.05, 3.63) is 11.3 Å². The highest BCUT2D eigenvalue weighted by atomic mass is 32.2. The molecule has 3 unspecified atom stereocenters. The van der Waals surface area contributed by atoms with Crippen LogP contribution in [0, 0.1) is 0 Å². The van der Waals surface area contributed by atoms with Crippen molar-refractivity contribution in [1.82, 2.24) is 10.2 Å². The lowest BCUT2D eigenvalue weighted by Gasteiger charge is -2.49. The molecule has 0 aromatic carbocycles. The number of hydrogen-bond acceptors (Lipinski definition) is 7. The van der Waals surface area contributed by atoms with Crippen molar-refractivity contribution < 1.29 is 39.6 Å². The molecule has 0 saturated carbocycles. The van der Waals surface area contributed by atoms with Gasteiger partial charge >= 0.3 is 11.9 Å². The predicted octanol–water partition coefficient (Wildman–Crippen LogP) is -1.67. The van der Waals surface area contributed by atoms with Crippen LogP contribution in [0.1, 0.15) is 19.3 Å². The molecule has 5 N–H and O–H groups in total. The Morgan fingerprint density at radius 1 is 1.32 bits per heavy atom. The van der Waals surface area contributed by atoms with Crippen molar-refractivity contribution >= 4 is 35.5 Å². The first-order valence-corrected chi connectivity index (χ1v) is 8.53. The van der Waals surface area contributed by atoms with Crippen molar-refractivity contribution in [1.29, 1.82) is 0 Å². The Morgan fingerprint density at radius 2 is 2.00 bits per heavy atom. The molecule has 1 fully saturated rings. The minimum Gasteiger partial charge on any atom is -0.479 e. The predicted molar refractivity (Wildman–Crippen MR) is 84.3 cm³/mol. The third-order valence-electron chi connectivity index (χ3n) is 3.92. The molecule has 0 radical (unpaired) electrons. The lowest BCUT2D eigenvalue weighted by atomic mass is 10.0. The van der Waals surface area contributed by atoms with Gasteiger partial charge in [-0.15, -0.1) is 11.8 Å². The number of carbonyl (C=O) groups excluding carboxylic acids is 2. The van der Waals surface area contributed by atoms with Crippen LogP contribution in [0.3, 0.4) is 0 Å². The number of β-lactam (4-membered cyclic amide) rings is 1. The maximum atomic E-state index is 12.2. The van der Waals surface area contributed by atoms with Gasteiger partial charge in [-0.2, -0.15) is 0 Å². The summed E-state index contributed by atoms with van der Waals surface area (Å²) in [5.41, 5.74) is 0.000800. The second kappa shape index (κ2) is 7.85. The molecule has 0 aromatic heterocycles. The van der Waals surface area contributed by atoms with Gasteiger partial charge in [-0.3, -0.25) is 14.5 Å². The number of amides is 2. The fraction of sp³-hybridized carbons (Fsp3) is 0.571. The van der Waals surface area contributed by atoms with Gasteiger partial charge in [0.05, 0.1) is 6.61 Å². The van der Waals surface area contributed by atoms with Crippen molar-refractivity contribution in [2.75, 3.05) is 12.4 Å². The summed E-state index contributed by atoms with van der Waals surface area (Å²) in [4.78, 5) is 46.9. The van der Waals surface area contributed by atoms with Crippen LogP contribution in [-0.4, -0.2) is 79.0 Å². The maximum absolute atomic E-state index is 12.2. The Bertz CT molecular complexity index is 634. The van der Waals surface area contributed by atoms with Gasteiger partial charge in [0.25, 0.3) is 5.91 Å². The van der Waals surface area contributed by atoms with E-state index in [1.807, 2.05) is 0 Å². The highest BCUT2D eigenvalue weighted by Gasteiger charge is 2.53. The summed E-state index contributed by atoms with van der Waals surface area (Å²) in [6.45, 7) is -0.464. The summed E-state index contributed by atoms with van der Waals surface area (Å²) < 4.78 is 0. The lowest BCUT2D eigenvalue weighted by molar-refractivity contribution is -0.150. The van der Waals surface area contributed by atoms with E-state index in [1.165, 1.54) is 11.8 Å². The van der Waals surface area contributed by atoms with Crippen LogP contribution in [0.25, 0.3) is 0 Å². The SMILES string of the molecule is O=C(CCCC(O)C(=O)O)NC1C(=O)N2C(C(=O)O)=C(CO)CSC12. The number of thioether (sulfide) groups is 1. The van der Waals surface area contributed by atoms with E-state index in [9.17, 15) is 29.4 Å². The van der Waals surface area contributed by atoms with E-state index in [0.29, 0.717) is 0 Å². The highest BCUT2D eigenvalue weighted by Crippen LogP contribution is 2.40. The van der Waals surface area contributed by atoms with Gasteiger partial charge in [0.2, 0.25) is 5.91 Å². The van der Waals surface area contributed by atoms with Crippen LogP contribution < -0.4 is 5.32 Å². The number of aliphatic carboxylic acids is 2. The Kier molecular flexibility index (Phi) is 6.03. The number of aliphatic hydroxyl groups excluding tert-OH is 2. The van der Waals surface area contributed by atoms with E-state index in [4.69, 9.17) is 10.2 Å². The molecule has 11 heteroatoms. The van der Waals surface area contributed by atoms with E-state index < -0.39 is 47.9 Å². The monoisotopic (exact) mass is 374 g/mol. The number of rotatable bonds is 8. The smallest absolute Gasteiger partial charge is 0.352 e. The third-order valence-corrected chi connectivity index (χ3v) is 5.26. The summed E-state index contributed by atoms with van der Waals surface area (Å²) >= 11 is 1.24. The highest BCUT2D eigenvalue weighted by molar-refractivity contribution is 8.00. The van der Waals surface area contributed by atoms with Gasteiger partial charge < -0.3 is 25.7 Å². The number of carbonyl (C=O) groups is 4. The van der Waals surface area contributed by atoms with Gasteiger partial charge in [0.15, 0.2) is 6.10 Å². The van der Waals surface area contributed by atoms with Gasteiger partial charge in [-0.1, -0.05) is 0 Å². The van der Waals surface area contributed by atoms with E-state index in [-0.39, 0.29) is 36.3 Å². The number of carboxylic acids is 2. The number of fused-ring (bicyclic) bond motifs is 1. The molecule has 0 aromatic rings. The Hall–Kier alpha value is -2.11. The molecule has 2 aliphatic heterocycles. The first kappa shape index (κ1) is 19.2. The second-order valence-corrected chi connectivity index (χ2v) is 6.72. The molecule has 3 atom stereocenters. The van der Waals surface area contributed by atoms with Gasteiger partial charge in [0.1, 0.15) is 17.1 Å². The Morgan fingerprint density at radius 3 is 2.56 bits per heavy atom. The normalized spacial score (nSPS) is 23.6. The van der Waals surface area contributed by atoms with Crippen molar-refractivity contribution in [3.63, 3.8) is 0 Å². The number of carboxylic acid groups (broad SMARTS) is 2. The zero-order chi connectivity index (χ0) is 18.7. The maximum Gasteiger partial charge on any atom is 0.352 e. The molecular formula is C14H18N2O8S. The third kappa shape index (κ3) is 3.94. The number of hydrogen-bond donors (Lipinski definition) is 5. The van der Waals surface area contributed by atoms with E-state index in [2.05, 4.69) is 5.32 Å². The van der Waals surface area contributed by atoms with Crippen LogP contribution in [0.5, 0.6) is 0 Å². The van der Waals surface area contributed by atoms with Crippen LogP contribution in [0.2, 0.25) is 0 Å². The molecule has 1 saturated heterocycles. The minimum atomic E-state index is -1.54. The molecule has 138 valence electrons. The molecule has 2 heterocycles. The summed E-state index contributed by atoms with van der Waals surface area (Å²) in [6, 6.07) is -0.864. The van der Waals surface area contributed by atoms with Crippen LogP contribution in [0.15, 0.2) is 11.3 Å². The average molecular weight is 374 g/mol. The van der Waals surface area contributed by atoms with E-state index >= 15 is 0 Å². The number of nitrogens with one attached hydrogen (secondary N) is 1. The molecule has 2 aliphatic rings. The standard InChI is InChI=1S/C14H18N2O8S/c17-4-6-5-25-12-9(11(20)16(12)10(6)14(23)24)15-8(19)3-1-2-7(18)13(21)22/h7,9,12,17-18H,1-5H2,(H,15,19)(H,21,22)(H,23,24).